The number of nitrogens with zero attached hydrogens (tertiary/aromatic N) is 1. The van der Waals surface area contributed by atoms with Gasteiger partial charge in [-0.2, -0.15) is 5.10 Å². The quantitative estimate of drug-likeness (QED) is 0.820. The van der Waals surface area contributed by atoms with Gasteiger partial charge in [-0.15, -0.1) is 0 Å². The van der Waals surface area contributed by atoms with E-state index in [9.17, 15) is 0 Å². The van der Waals surface area contributed by atoms with E-state index in [1.54, 1.807) is 0 Å². The summed E-state index contributed by atoms with van der Waals surface area (Å²) in [5.41, 5.74) is 1.19. The Morgan fingerprint density at radius 2 is 2.25 bits per heavy atom. The highest BCUT2D eigenvalue weighted by molar-refractivity contribution is 4.97. The molecule has 1 aromatic rings. The molecule has 2 rings (SSSR count). The van der Waals surface area contributed by atoms with Crippen LogP contribution in [0.2, 0.25) is 0 Å². The van der Waals surface area contributed by atoms with Crippen LogP contribution in [0.1, 0.15) is 45.2 Å². The average Bonchev–Trinajstić information content (AvgIpc) is 2.79. The van der Waals surface area contributed by atoms with E-state index in [1.165, 1.54) is 31.4 Å². The van der Waals surface area contributed by atoms with Crippen molar-refractivity contribution in [3.63, 3.8) is 0 Å². The molecule has 3 heteroatoms. The smallest absolute Gasteiger partial charge is 0.0490 e. The summed E-state index contributed by atoms with van der Waals surface area (Å²) in [6, 6.07) is 2.73. The van der Waals surface area contributed by atoms with Gasteiger partial charge in [0, 0.05) is 24.5 Å². The molecule has 2 N–H and O–H groups in total. The largest absolute Gasteiger partial charge is 0.308 e. The average molecular weight is 221 g/mol. The molecule has 0 bridgehead atoms. The zero-order chi connectivity index (χ0) is 11.4. The third-order valence-corrected chi connectivity index (χ3v) is 3.79. The highest BCUT2D eigenvalue weighted by Crippen LogP contribution is 2.30. The van der Waals surface area contributed by atoms with Crippen LogP contribution < -0.4 is 5.32 Å². The van der Waals surface area contributed by atoms with Crippen LogP contribution in [0.5, 0.6) is 0 Å². The van der Waals surface area contributed by atoms with E-state index >= 15 is 0 Å². The van der Waals surface area contributed by atoms with Gasteiger partial charge in [-0.3, -0.25) is 5.10 Å². The topological polar surface area (TPSA) is 40.7 Å². The number of nitrogens with one attached hydrogen (secondary N) is 2. The Kier molecular flexibility index (Phi) is 3.99. The van der Waals surface area contributed by atoms with Crippen molar-refractivity contribution < 1.29 is 0 Å². The summed E-state index contributed by atoms with van der Waals surface area (Å²) in [7, 11) is 0. The third kappa shape index (κ3) is 2.85. The minimum atomic E-state index is 0.692. The number of rotatable bonds is 4. The summed E-state index contributed by atoms with van der Waals surface area (Å²) in [6.45, 7) is 5.62. The molecule has 1 aliphatic rings. The summed E-state index contributed by atoms with van der Waals surface area (Å²) < 4.78 is 0. The van der Waals surface area contributed by atoms with Gasteiger partial charge in [0.15, 0.2) is 0 Å². The SMILES string of the molecule is CC(C)C1CCCCC1NCc1ccn[nH]1. The highest BCUT2D eigenvalue weighted by Gasteiger charge is 2.26. The second-order valence-electron chi connectivity index (χ2n) is 5.26. The normalized spacial score (nSPS) is 26.2. The van der Waals surface area contributed by atoms with Gasteiger partial charge in [0.1, 0.15) is 0 Å². The molecule has 1 aliphatic carbocycles. The second kappa shape index (κ2) is 5.48. The summed E-state index contributed by atoms with van der Waals surface area (Å²) >= 11 is 0. The predicted molar refractivity (Wildman–Crippen MR) is 66.0 cm³/mol. The van der Waals surface area contributed by atoms with Crippen molar-refractivity contribution >= 4 is 0 Å². The molecule has 2 atom stereocenters. The molecule has 2 unspecified atom stereocenters. The third-order valence-electron chi connectivity index (χ3n) is 3.79. The molecule has 3 nitrogen and oxygen atoms in total. The van der Waals surface area contributed by atoms with Crippen molar-refractivity contribution in [2.45, 2.75) is 52.1 Å². The zero-order valence-corrected chi connectivity index (χ0v) is 10.4. The minimum Gasteiger partial charge on any atom is -0.308 e. The molecule has 16 heavy (non-hydrogen) atoms. The van der Waals surface area contributed by atoms with Crippen LogP contribution >= 0.6 is 0 Å². The van der Waals surface area contributed by atoms with Gasteiger partial charge < -0.3 is 5.32 Å². The van der Waals surface area contributed by atoms with E-state index in [1.807, 2.05) is 12.3 Å². The van der Waals surface area contributed by atoms with Gasteiger partial charge in [-0.05, 0) is 30.7 Å². The first-order chi connectivity index (χ1) is 7.77. The van der Waals surface area contributed by atoms with Gasteiger partial charge in [0.2, 0.25) is 0 Å². The van der Waals surface area contributed by atoms with E-state index in [0.717, 1.165) is 18.4 Å². The van der Waals surface area contributed by atoms with Gasteiger partial charge in [-0.25, -0.2) is 0 Å². The standard InChI is InChI=1S/C13H23N3/c1-10(2)12-5-3-4-6-13(12)14-9-11-7-8-15-16-11/h7-8,10,12-14H,3-6,9H2,1-2H3,(H,15,16). The van der Waals surface area contributed by atoms with E-state index in [-0.39, 0.29) is 0 Å². The molecule has 0 aromatic carbocycles. The van der Waals surface area contributed by atoms with Crippen LogP contribution in [0.4, 0.5) is 0 Å². The van der Waals surface area contributed by atoms with Crippen molar-refractivity contribution in [2.75, 3.05) is 0 Å². The van der Waals surface area contributed by atoms with Crippen LogP contribution in [-0.2, 0) is 6.54 Å². The Bertz CT molecular complexity index is 292. The summed E-state index contributed by atoms with van der Waals surface area (Å²) in [4.78, 5) is 0. The van der Waals surface area contributed by atoms with E-state index < -0.39 is 0 Å². The van der Waals surface area contributed by atoms with Gasteiger partial charge >= 0.3 is 0 Å². The first-order valence-corrected chi connectivity index (χ1v) is 6.49. The molecule has 1 heterocycles. The van der Waals surface area contributed by atoms with Crippen molar-refractivity contribution in [3.8, 4) is 0 Å². The highest BCUT2D eigenvalue weighted by atomic mass is 15.1. The molecule has 0 saturated heterocycles. The molecule has 90 valence electrons. The molecule has 0 aliphatic heterocycles. The lowest BCUT2D eigenvalue weighted by molar-refractivity contribution is 0.204. The van der Waals surface area contributed by atoms with Crippen LogP contribution in [-0.4, -0.2) is 16.2 Å². The van der Waals surface area contributed by atoms with Gasteiger partial charge in [-0.1, -0.05) is 26.7 Å². The van der Waals surface area contributed by atoms with Crippen LogP contribution in [0.3, 0.4) is 0 Å². The fourth-order valence-corrected chi connectivity index (χ4v) is 2.84. The van der Waals surface area contributed by atoms with E-state index in [4.69, 9.17) is 0 Å². The number of H-pyrrole nitrogens is 1. The lowest BCUT2D eigenvalue weighted by Gasteiger charge is -2.35. The number of hydrogen-bond acceptors (Lipinski definition) is 2. The first kappa shape index (κ1) is 11.6. The van der Waals surface area contributed by atoms with Gasteiger partial charge in [0.25, 0.3) is 0 Å². The Labute approximate surface area is 98.0 Å². The molecule has 0 amide bonds. The Balaban J connectivity index is 1.86. The fourth-order valence-electron chi connectivity index (χ4n) is 2.84. The van der Waals surface area contributed by atoms with Crippen LogP contribution in [0, 0.1) is 11.8 Å². The zero-order valence-electron chi connectivity index (χ0n) is 10.4. The Morgan fingerprint density at radius 3 is 2.94 bits per heavy atom. The molecule has 1 aromatic heterocycles. The van der Waals surface area contributed by atoms with E-state index in [2.05, 4.69) is 29.4 Å². The van der Waals surface area contributed by atoms with Crippen molar-refractivity contribution in [1.82, 2.24) is 15.5 Å². The maximum absolute atomic E-state index is 3.98. The van der Waals surface area contributed by atoms with Crippen molar-refractivity contribution in [2.24, 2.45) is 11.8 Å². The maximum Gasteiger partial charge on any atom is 0.0490 e. The first-order valence-electron chi connectivity index (χ1n) is 6.49. The predicted octanol–water partition coefficient (Wildman–Crippen LogP) is 2.71. The Hall–Kier alpha value is -0.830. The molecular formula is C13H23N3. The monoisotopic (exact) mass is 221 g/mol. The number of hydrogen-bond donors (Lipinski definition) is 2. The van der Waals surface area contributed by atoms with Crippen molar-refractivity contribution in [1.29, 1.82) is 0 Å². The molecular weight excluding hydrogens is 198 g/mol. The summed E-state index contributed by atoms with van der Waals surface area (Å²) in [5, 5.41) is 10.7. The van der Waals surface area contributed by atoms with Crippen LogP contribution in [0.15, 0.2) is 12.3 Å². The summed E-state index contributed by atoms with van der Waals surface area (Å²) in [5.74, 6) is 1.64. The van der Waals surface area contributed by atoms with E-state index in [0.29, 0.717) is 6.04 Å². The molecule has 0 radical (unpaired) electrons. The van der Waals surface area contributed by atoms with Crippen LogP contribution in [0.25, 0.3) is 0 Å². The fraction of sp³-hybridized carbons (Fsp3) is 0.769. The second-order valence-corrected chi connectivity index (χ2v) is 5.26. The summed E-state index contributed by atoms with van der Waals surface area (Å²) in [6.07, 6.45) is 7.32. The minimum absolute atomic E-state index is 0.692. The molecule has 0 spiro atoms. The lowest BCUT2D eigenvalue weighted by atomic mass is 9.78. The van der Waals surface area contributed by atoms with Crippen molar-refractivity contribution in [3.05, 3.63) is 18.0 Å². The van der Waals surface area contributed by atoms with Gasteiger partial charge in [0.05, 0.1) is 0 Å². The number of aromatic nitrogens is 2. The Morgan fingerprint density at radius 1 is 1.44 bits per heavy atom. The number of aromatic amines is 1. The lowest BCUT2D eigenvalue weighted by Crippen LogP contribution is -2.40. The molecule has 1 saturated carbocycles. The maximum atomic E-state index is 3.98. The molecule has 1 fully saturated rings.